The Balaban J connectivity index is 0.00000442. The zero-order valence-electron chi connectivity index (χ0n) is 25.9. The molecule has 8 nitrogen and oxygen atoms in total. The van der Waals surface area contributed by atoms with Gasteiger partial charge in [-0.3, -0.25) is 0 Å². The quantitative estimate of drug-likeness (QED) is 0.274. The van der Waals surface area contributed by atoms with Crippen molar-refractivity contribution in [3.05, 3.63) is 93.7 Å². The summed E-state index contributed by atoms with van der Waals surface area (Å²) in [4.78, 5) is 1.52. The van der Waals surface area contributed by atoms with E-state index < -0.39 is 31.1 Å². The third kappa shape index (κ3) is 6.08. The molecule has 0 amide bonds. The second-order valence-electron chi connectivity index (χ2n) is 12.3. The van der Waals surface area contributed by atoms with Gasteiger partial charge in [0.15, 0.2) is 5.71 Å². The number of rotatable bonds is 5. The first kappa shape index (κ1) is 34.8. The molecule has 2 heterocycles. The fourth-order valence-electron chi connectivity index (χ4n) is 6.51. The van der Waals surface area contributed by atoms with Crippen LogP contribution < -0.4 is 34.5 Å². The van der Waals surface area contributed by atoms with Crippen LogP contribution in [0.3, 0.4) is 0 Å². The molecule has 0 saturated heterocycles. The number of allylic oxidation sites excluding steroid dienone is 8. The van der Waals surface area contributed by atoms with Crippen LogP contribution in [-0.4, -0.2) is 50.3 Å². The fourth-order valence-corrected chi connectivity index (χ4v) is 7.82. The van der Waals surface area contributed by atoms with Crippen molar-refractivity contribution in [2.24, 2.45) is 0 Å². The number of halogens is 1. The van der Waals surface area contributed by atoms with Crippen molar-refractivity contribution >= 4 is 48.9 Å². The number of hydrogen-bond acceptors (Lipinski definition) is 7. The van der Waals surface area contributed by atoms with Crippen LogP contribution in [0.1, 0.15) is 58.1 Å². The molecule has 2 aromatic rings. The van der Waals surface area contributed by atoms with Gasteiger partial charge >= 0.3 is 29.6 Å². The topological polar surface area (TPSA) is 121 Å². The molecule has 44 heavy (non-hydrogen) atoms. The average molecular weight is 665 g/mol. The average Bonchev–Trinajstić information content (AvgIpc) is 3.23. The number of hydrogen-bond donors (Lipinski definition) is 0. The summed E-state index contributed by atoms with van der Waals surface area (Å²) in [5.41, 5.74) is 6.03. The van der Waals surface area contributed by atoms with Crippen LogP contribution in [0.25, 0.3) is 0 Å². The van der Waals surface area contributed by atoms with Crippen LogP contribution in [0, 0.1) is 0 Å². The molecule has 0 N–H and O–H groups in total. The monoisotopic (exact) mass is 664 g/mol. The van der Waals surface area contributed by atoms with Crippen molar-refractivity contribution in [1.29, 1.82) is 0 Å². The molecule has 3 aliphatic rings. The van der Waals surface area contributed by atoms with Gasteiger partial charge in [-0.1, -0.05) is 37.6 Å². The summed E-state index contributed by atoms with van der Waals surface area (Å²) in [6, 6.07) is 8.97. The molecule has 12 heteroatoms. The summed E-state index contributed by atoms with van der Waals surface area (Å²) < 4.78 is 71.9. The Morgan fingerprint density at radius 2 is 1.45 bits per heavy atom. The minimum atomic E-state index is -4.57. The van der Waals surface area contributed by atoms with Crippen molar-refractivity contribution in [3.8, 4) is 0 Å². The number of nitrogens with zero attached hydrogens (tertiary/aromatic N) is 2. The molecule has 228 valence electrons. The summed E-state index contributed by atoms with van der Waals surface area (Å²) in [5, 5.41) is 0.673. The number of anilines is 1. The summed E-state index contributed by atoms with van der Waals surface area (Å²) in [6.07, 6.45) is 10.6. The third-order valence-corrected chi connectivity index (χ3v) is 11.1. The molecule has 0 bridgehead atoms. The largest absolute Gasteiger partial charge is 1.00 e. The molecule has 0 fully saturated rings. The molecule has 0 saturated carbocycles. The number of fused-ring (bicyclic) bond motifs is 2. The molecule has 0 aromatic heterocycles. The molecule has 0 unspecified atom stereocenters. The molecule has 0 radical (unpaired) electrons. The van der Waals surface area contributed by atoms with E-state index >= 15 is 0 Å². The third-order valence-electron chi connectivity index (χ3n) is 8.93. The van der Waals surface area contributed by atoms with Crippen LogP contribution >= 0.6 is 11.6 Å². The maximum atomic E-state index is 11.6. The maximum absolute atomic E-state index is 11.6. The molecular weight excluding hydrogens is 631 g/mol. The van der Waals surface area contributed by atoms with E-state index in [0.29, 0.717) is 5.03 Å². The molecule has 2 aliphatic heterocycles. The Kier molecular flexibility index (Phi) is 9.48. The molecular formula is C32H34ClN2NaO6S2. The van der Waals surface area contributed by atoms with Gasteiger partial charge in [-0.15, -0.1) is 0 Å². The summed E-state index contributed by atoms with van der Waals surface area (Å²) in [7, 11) is -5.31. The minimum absolute atomic E-state index is 0. The van der Waals surface area contributed by atoms with Gasteiger partial charge in [-0.25, -0.2) is 16.8 Å². The van der Waals surface area contributed by atoms with Crippen LogP contribution in [-0.2, 0) is 31.1 Å². The SMILES string of the molecule is CN1/C(=C/C=C2\CCCC(/C=C/C3=[N+](C)c4ccc(S(=O)(=O)[O-])cc4C3(C)C)=C2Cl)C(C)(C)c2cc(S(=O)(=O)[O-])ccc21.[Na+]. The molecule has 0 atom stereocenters. The molecule has 2 aromatic carbocycles. The second-order valence-corrected chi connectivity index (χ2v) is 15.4. The first-order valence-corrected chi connectivity index (χ1v) is 17.1. The van der Waals surface area contributed by atoms with Crippen molar-refractivity contribution in [3.63, 3.8) is 0 Å². The fraction of sp³-hybridized carbons (Fsp3) is 0.344. The van der Waals surface area contributed by atoms with E-state index in [9.17, 15) is 25.9 Å². The van der Waals surface area contributed by atoms with Crippen molar-refractivity contribution < 1.29 is 60.1 Å². The van der Waals surface area contributed by atoms with Crippen LogP contribution in [0.15, 0.2) is 92.4 Å². The standard InChI is InChI=1S/C32H35ClN2O6S2.Na/c1-31(2)24-18-22(42(36,37)38)12-14-26(24)34(5)28(31)16-10-20-8-7-9-21(30(20)33)11-17-29-32(3,4)25-19-23(43(39,40)41)13-15-27(25)35(29)6;/h10-19H,7-9H2,1-6H3,(H-,36,37,38,39,40,41);/q;+1/p-1. The van der Waals surface area contributed by atoms with E-state index in [4.69, 9.17) is 11.6 Å². The summed E-state index contributed by atoms with van der Waals surface area (Å²) in [6.45, 7) is 7.99. The predicted octanol–water partition coefficient (Wildman–Crippen LogP) is 2.98. The van der Waals surface area contributed by atoms with Crippen LogP contribution in [0.4, 0.5) is 11.4 Å². The zero-order chi connectivity index (χ0) is 31.7. The van der Waals surface area contributed by atoms with E-state index in [1.54, 1.807) is 12.1 Å². The Bertz CT molecular complexity index is 1940. The van der Waals surface area contributed by atoms with Crippen molar-refractivity contribution in [2.75, 3.05) is 19.0 Å². The Hall–Kier alpha value is -2.02. The molecule has 5 rings (SSSR count). The second kappa shape index (κ2) is 12.0. The van der Waals surface area contributed by atoms with Gasteiger partial charge in [0.2, 0.25) is 5.69 Å². The van der Waals surface area contributed by atoms with E-state index in [0.717, 1.165) is 64.3 Å². The number of likely N-dealkylation sites (N-methyl/N-ethyl adjacent to an activating group) is 1. The normalized spacial score (nSPS) is 21.3. The first-order chi connectivity index (χ1) is 19.8. The summed E-state index contributed by atoms with van der Waals surface area (Å²) in [5.74, 6) is 0. The Morgan fingerprint density at radius 1 is 0.864 bits per heavy atom. The molecule has 0 spiro atoms. The molecule has 1 aliphatic carbocycles. The van der Waals surface area contributed by atoms with Crippen molar-refractivity contribution in [1.82, 2.24) is 0 Å². The van der Waals surface area contributed by atoms with E-state index in [1.807, 2.05) is 75.6 Å². The Morgan fingerprint density at radius 3 is 2.07 bits per heavy atom. The Labute approximate surface area is 287 Å². The van der Waals surface area contributed by atoms with Crippen molar-refractivity contribution in [2.45, 2.75) is 67.6 Å². The van der Waals surface area contributed by atoms with Gasteiger partial charge in [-0.2, -0.15) is 4.58 Å². The van der Waals surface area contributed by atoms with Gasteiger partial charge in [0.25, 0.3) is 0 Å². The van der Waals surface area contributed by atoms with Gasteiger partial charge in [0, 0.05) is 46.6 Å². The number of benzene rings is 2. The van der Waals surface area contributed by atoms with E-state index in [-0.39, 0.29) is 39.3 Å². The van der Waals surface area contributed by atoms with E-state index in [1.165, 1.54) is 24.3 Å². The summed E-state index contributed by atoms with van der Waals surface area (Å²) >= 11 is 6.95. The van der Waals surface area contributed by atoms with Gasteiger partial charge in [0.05, 0.1) is 15.2 Å². The first-order valence-electron chi connectivity index (χ1n) is 13.9. The zero-order valence-corrected chi connectivity index (χ0v) is 30.3. The minimum Gasteiger partial charge on any atom is -0.744 e. The van der Waals surface area contributed by atoms with Gasteiger partial charge < -0.3 is 14.0 Å². The van der Waals surface area contributed by atoms with Crippen LogP contribution in [0.2, 0.25) is 0 Å². The van der Waals surface area contributed by atoms with Gasteiger partial charge in [0.1, 0.15) is 27.3 Å². The van der Waals surface area contributed by atoms with Crippen LogP contribution in [0.5, 0.6) is 0 Å². The smallest absolute Gasteiger partial charge is 0.744 e. The van der Waals surface area contributed by atoms with Gasteiger partial charge in [-0.05, 0) is 86.2 Å². The maximum Gasteiger partial charge on any atom is 1.00 e. The van der Waals surface area contributed by atoms with E-state index in [2.05, 4.69) is 0 Å². The predicted molar refractivity (Wildman–Crippen MR) is 166 cm³/mol.